The normalized spacial score (nSPS) is 9.86. The number of para-hydroxylation sites is 1. The van der Waals surface area contributed by atoms with Crippen molar-refractivity contribution in [3.63, 3.8) is 0 Å². The minimum Gasteiger partial charge on any atom is -0.450 e. The molecule has 106 valence electrons. The largest absolute Gasteiger partial charge is 0.450 e. The highest BCUT2D eigenvalue weighted by Crippen LogP contribution is 2.12. The van der Waals surface area contributed by atoms with Crippen LogP contribution in [-0.4, -0.2) is 25.0 Å². The standard InChI is InChI=1S/C15H11NO5/c1-2-7-16-14(18)9-20-15(19)13-8-11(17)10-5-3-4-6-12(10)21-13/h1,3-6,8H,7,9H2,(H,16,18). The Morgan fingerprint density at radius 1 is 1.33 bits per heavy atom. The fourth-order valence-corrected chi connectivity index (χ4v) is 1.61. The lowest BCUT2D eigenvalue weighted by Crippen LogP contribution is -2.29. The van der Waals surface area contributed by atoms with Gasteiger partial charge in [0.2, 0.25) is 5.76 Å². The second kappa shape index (κ2) is 6.39. The summed E-state index contributed by atoms with van der Waals surface area (Å²) in [5.74, 6) is 0.520. The van der Waals surface area contributed by atoms with E-state index in [0.29, 0.717) is 5.39 Å². The van der Waals surface area contributed by atoms with Gasteiger partial charge in [-0.1, -0.05) is 18.1 Å². The smallest absolute Gasteiger partial charge is 0.374 e. The zero-order valence-corrected chi connectivity index (χ0v) is 10.9. The number of hydrogen-bond donors (Lipinski definition) is 1. The molecule has 0 saturated carbocycles. The molecule has 21 heavy (non-hydrogen) atoms. The van der Waals surface area contributed by atoms with Gasteiger partial charge in [-0.25, -0.2) is 4.79 Å². The highest BCUT2D eigenvalue weighted by Gasteiger charge is 2.15. The summed E-state index contributed by atoms with van der Waals surface area (Å²) < 4.78 is 10.0. The minimum atomic E-state index is -0.895. The maximum Gasteiger partial charge on any atom is 0.374 e. The van der Waals surface area contributed by atoms with Gasteiger partial charge in [-0.3, -0.25) is 9.59 Å². The van der Waals surface area contributed by atoms with Crippen molar-refractivity contribution in [3.05, 3.63) is 46.3 Å². The summed E-state index contributed by atoms with van der Waals surface area (Å²) in [6, 6.07) is 7.54. The molecule has 0 fully saturated rings. The molecule has 1 N–H and O–H groups in total. The lowest BCUT2D eigenvalue weighted by molar-refractivity contribution is -0.124. The molecule has 6 heteroatoms. The van der Waals surface area contributed by atoms with Crippen LogP contribution in [0.3, 0.4) is 0 Å². The van der Waals surface area contributed by atoms with Gasteiger partial charge in [-0.05, 0) is 12.1 Å². The molecule has 1 heterocycles. The number of esters is 1. The number of benzene rings is 1. The first kappa shape index (κ1) is 14.3. The van der Waals surface area contributed by atoms with Gasteiger partial charge in [0.25, 0.3) is 5.91 Å². The van der Waals surface area contributed by atoms with Crippen molar-refractivity contribution >= 4 is 22.8 Å². The average Bonchev–Trinajstić information content (AvgIpc) is 2.50. The number of fused-ring (bicyclic) bond motifs is 1. The summed E-state index contributed by atoms with van der Waals surface area (Å²) in [6.07, 6.45) is 4.97. The molecule has 0 aliphatic carbocycles. The Kier molecular flexibility index (Phi) is 4.36. The molecular weight excluding hydrogens is 274 g/mol. The predicted octanol–water partition coefficient (Wildman–Crippen LogP) is 0.699. The Morgan fingerprint density at radius 2 is 2.10 bits per heavy atom. The molecule has 6 nitrogen and oxygen atoms in total. The van der Waals surface area contributed by atoms with E-state index in [4.69, 9.17) is 15.6 Å². The van der Waals surface area contributed by atoms with Crippen molar-refractivity contribution in [2.45, 2.75) is 0 Å². The average molecular weight is 285 g/mol. The molecule has 0 atom stereocenters. The maximum absolute atomic E-state index is 11.8. The van der Waals surface area contributed by atoms with E-state index < -0.39 is 18.5 Å². The first-order valence-corrected chi connectivity index (χ1v) is 6.02. The molecule has 2 rings (SSSR count). The number of nitrogens with one attached hydrogen (secondary N) is 1. The highest BCUT2D eigenvalue weighted by atomic mass is 16.5. The molecule has 0 bridgehead atoms. The lowest BCUT2D eigenvalue weighted by atomic mass is 10.2. The van der Waals surface area contributed by atoms with E-state index in [1.165, 1.54) is 0 Å². The van der Waals surface area contributed by atoms with Crippen LogP contribution in [0.25, 0.3) is 11.0 Å². The molecule has 1 aromatic heterocycles. The fourth-order valence-electron chi connectivity index (χ4n) is 1.61. The van der Waals surface area contributed by atoms with Gasteiger partial charge in [0, 0.05) is 6.07 Å². The van der Waals surface area contributed by atoms with E-state index in [0.717, 1.165) is 6.07 Å². The Balaban J connectivity index is 2.12. The zero-order valence-electron chi connectivity index (χ0n) is 10.9. The van der Waals surface area contributed by atoms with Crippen LogP contribution in [-0.2, 0) is 9.53 Å². The summed E-state index contributed by atoms with van der Waals surface area (Å²) in [5, 5.41) is 2.70. The van der Waals surface area contributed by atoms with Crippen LogP contribution >= 0.6 is 0 Å². The van der Waals surface area contributed by atoms with E-state index in [-0.39, 0.29) is 23.3 Å². The maximum atomic E-state index is 11.8. The molecular formula is C15H11NO5. The SMILES string of the molecule is C#CCNC(=O)COC(=O)c1cc(=O)c2ccccc2o1. The van der Waals surface area contributed by atoms with E-state index in [2.05, 4.69) is 11.2 Å². The summed E-state index contributed by atoms with van der Waals surface area (Å²) in [6.45, 7) is -0.460. The number of carbonyl (C=O) groups excluding carboxylic acids is 2. The van der Waals surface area contributed by atoms with Crippen LogP contribution in [0.5, 0.6) is 0 Å². The highest BCUT2D eigenvalue weighted by molar-refractivity contribution is 5.90. The third kappa shape index (κ3) is 3.48. The number of ether oxygens (including phenoxy) is 1. The van der Waals surface area contributed by atoms with E-state index in [1.54, 1.807) is 24.3 Å². The van der Waals surface area contributed by atoms with E-state index >= 15 is 0 Å². The number of amides is 1. The summed E-state index contributed by atoms with van der Waals surface area (Å²) in [7, 11) is 0. The van der Waals surface area contributed by atoms with Gasteiger partial charge >= 0.3 is 5.97 Å². The summed E-state index contributed by atoms with van der Waals surface area (Å²) in [4.78, 5) is 34.8. The second-order valence-corrected chi connectivity index (χ2v) is 4.03. The van der Waals surface area contributed by atoms with Crippen molar-refractivity contribution < 1.29 is 18.7 Å². The molecule has 2 aromatic rings. The number of rotatable bonds is 4. The summed E-state index contributed by atoms with van der Waals surface area (Å²) in [5.41, 5.74) is -0.0886. The van der Waals surface area contributed by atoms with Crippen molar-refractivity contribution in [3.8, 4) is 12.3 Å². The third-order valence-electron chi connectivity index (χ3n) is 2.56. The molecule has 0 saturated heterocycles. The number of hydrogen-bond acceptors (Lipinski definition) is 5. The topological polar surface area (TPSA) is 85.6 Å². The zero-order chi connectivity index (χ0) is 15.2. The van der Waals surface area contributed by atoms with Gasteiger partial charge in [0.15, 0.2) is 12.0 Å². The predicted molar refractivity (Wildman–Crippen MR) is 74.6 cm³/mol. The molecule has 0 spiro atoms. The first-order valence-electron chi connectivity index (χ1n) is 6.02. The van der Waals surface area contributed by atoms with Gasteiger partial charge in [0.1, 0.15) is 5.58 Å². The minimum absolute atomic E-state index is 0.0431. The molecule has 0 aliphatic heterocycles. The molecule has 1 amide bonds. The molecule has 0 unspecified atom stereocenters. The molecule has 0 radical (unpaired) electrons. The van der Waals surface area contributed by atoms with Crippen LogP contribution in [0.1, 0.15) is 10.6 Å². The number of terminal acetylenes is 1. The van der Waals surface area contributed by atoms with Gasteiger partial charge < -0.3 is 14.5 Å². The Hall–Kier alpha value is -3.07. The van der Waals surface area contributed by atoms with Crippen molar-refractivity contribution in [2.24, 2.45) is 0 Å². The Morgan fingerprint density at radius 3 is 2.86 bits per heavy atom. The van der Waals surface area contributed by atoms with Crippen LogP contribution in [0.2, 0.25) is 0 Å². The third-order valence-corrected chi connectivity index (χ3v) is 2.56. The molecule has 1 aromatic carbocycles. The summed E-state index contributed by atoms with van der Waals surface area (Å²) >= 11 is 0. The second-order valence-electron chi connectivity index (χ2n) is 4.03. The lowest BCUT2D eigenvalue weighted by Gasteiger charge is -2.04. The van der Waals surface area contributed by atoms with E-state index in [9.17, 15) is 14.4 Å². The van der Waals surface area contributed by atoms with Crippen LogP contribution < -0.4 is 10.7 Å². The van der Waals surface area contributed by atoms with Gasteiger partial charge in [-0.15, -0.1) is 6.42 Å². The van der Waals surface area contributed by atoms with Crippen molar-refractivity contribution in [2.75, 3.05) is 13.2 Å². The number of carbonyl (C=O) groups is 2. The van der Waals surface area contributed by atoms with Crippen LogP contribution in [0, 0.1) is 12.3 Å². The van der Waals surface area contributed by atoms with Crippen LogP contribution in [0.4, 0.5) is 0 Å². The quantitative estimate of drug-likeness (QED) is 0.660. The van der Waals surface area contributed by atoms with Gasteiger partial charge in [0.05, 0.1) is 11.9 Å². The van der Waals surface area contributed by atoms with Crippen LogP contribution in [0.15, 0.2) is 39.5 Å². The van der Waals surface area contributed by atoms with Crippen molar-refractivity contribution in [1.82, 2.24) is 5.32 Å². The Bertz CT molecular complexity index is 784. The fraction of sp³-hybridized carbons (Fsp3) is 0.133. The monoisotopic (exact) mass is 285 g/mol. The first-order chi connectivity index (χ1) is 10.1. The van der Waals surface area contributed by atoms with Crippen molar-refractivity contribution in [1.29, 1.82) is 0 Å². The van der Waals surface area contributed by atoms with Gasteiger partial charge in [-0.2, -0.15) is 0 Å². The van der Waals surface area contributed by atoms with E-state index in [1.807, 2.05) is 0 Å². The Labute approximate surface area is 119 Å². The molecule has 0 aliphatic rings.